The highest BCUT2D eigenvalue weighted by molar-refractivity contribution is 7.72. The number of benzene rings is 8. The molecule has 0 unspecified atom stereocenters. The molecule has 91 heavy (non-hydrogen) atoms. The lowest BCUT2D eigenvalue weighted by molar-refractivity contribution is -0.0980. The summed E-state index contributed by atoms with van der Waals surface area (Å²) in [5, 5.41) is 9.56. The maximum Gasteiger partial charge on any atom is 0.387 e. The van der Waals surface area contributed by atoms with E-state index in [4.69, 9.17) is 113 Å². The average molecular weight is 1370 g/mol. The van der Waals surface area contributed by atoms with Gasteiger partial charge in [-0.25, -0.2) is 4.98 Å². The van der Waals surface area contributed by atoms with Gasteiger partial charge in [-0.15, -0.1) is 0 Å². The van der Waals surface area contributed by atoms with Crippen LogP contribution in [-0.2, 0) is 11.4 Å². The third-order valence-corrected chi connectivity index (χ3v) is 14.3. The van der Waals surface area contributed by atoms with Crippen LogP contribution in [0.2, 0.25) is 5.02 Å². The van der Waals surface area contributed by atoms with Crippen molar-refractivity contribution >= 4 is 198 Å². The molecule has 0 bridgehead atoms. The molecule has 0 aliphatic rings. The zero-order valence-corrected chi connectivity index (χ0v) is 54.3. The fourth-order valence-corrected chi connectivity index (χ4v) is 10.3. The van der Waals surface area contributed by atoms with Crippen molar-refractivity contribution < 1.29 is 23.4 Å². The number of halogens is 3. The SMILES string of the molecule is C=O.Cc1ccc2[nH]c(=S)[nH]c2c1.Cc1ccc2[nH]c(=S)[nH]c2c1.FC(F)Oc1ccc2[nH]c(=S)[nH]c2c1.Nc1ccc2[nH]c(=S)[nH]c2c1.OCc1ccc2[nH]c(=S)[nH]c2c1.S=c1[nH]c2ccc(Cl)cc2[nH]1.S=c1[nH]c2ccccc2[nH]1.c1ccc2[nH]cnc2c1. The van der Waals surface area contributed by atoms with Gasteiger partial charge in [-0.2, -0.15) is 8.78 Å². The topological polar surface area (TPSA) is 322 Å². The third kappa shape index (κ3) is 19.7. The molecule has 466 valence electrons. The van der Waals surface area contributed by atoms with Crippen molar-refractivity contribution in [3.05, 3.63) is 219 Å². The summed E-state index contributed by atoms with van der Waals surface area (Å²) in [5.41, 5.74) is 25.4. The number of aryl methyl sites for hydroxylation is 2. The van der Waals surface area contributed by atoms with E-state index in [1.807, 2.05) is 122 Å². The minimum Gasteiger partial charge on any atom is -0.435 e. The Morgan fingerprint density at radius 1 is 0.440 bits per heavy atom. The molecule has 8 aromatic heterocycles. The molecule has 0 saturated heterocycles. The van der Waals surface area contributed by atoms with Gasteiger partial charge >= 0.3 is 6.61 Å². The number of fused-ring (bicyclic) bond motifs is 8. The van der Waals surface area contributed by atoms with Crippen molar-refractivity contribution in [3.63, 3.8) is 0 Å². The summed E-state index contributed by atoms with van der Waals surface area (Å²) in [5.74, 6) is 0.109. The highest BCUT2D eigenvalue weighted by atomic mass is 35.5. The van der Waals surface area contributed by atoms with Gasteiger partial charge in [0.1, 0.15) is 12.5 Å². The summed E-state index contributed by atoms with van der Waals surface area (Å²) < 4.78 is 32.3. The zero-order valence-electron chi connectivity index (χ0n) is 47.9. The van der Waals surface area contributed by atoms with E-state index in [9.17, 15) is 8.78 Å². The van der Waals surface area contributed by atoms with Crippen LogP contribution < -0.4 is 10.5 Å². The van der Waals surface area contributed by atoms with Crippen LogP contribution in [0.15, 0.2) is 164 Å². The van der Waals surface area contributed by atoms with E-state index in [2.05, 4.69) is 123 Å². The van der Waals surface area contributed by atoms with E-state index < -0.39 is 6.61 Å². The molecule has 0 aliphatic carbocycles. The smallest absolute Gasteiger partial charge is 0.387 e. The van der Waals surface area contributed by atoms with Gasteiger partial charge in [0.05, 0.1) is 101 Å². The number of hydrogen-bond acceptors (Lipinski definition) is 12. The number of nitrogen functional groups attached to an aromatic ring is 1. The summed E-state index contributed by atoms with van der Waals surface area (Å²) in [6, 6.07) is 49.5. The first-order valence-corrected chi connectivity index (χ1v) is 30.1. The number of nitrogens with two attached hydrogens (primary N) is 1. The predicted molar refractivity (Wildman–Crippen MR) is 379 cm³/mol. The lowest BCUT2D eigenvalue weighted by Crippen LogP contribution is -2.01. The van der Waals surface area contributed by atoms with Crippen molar-refractivity contribution in [2.24, 2.45) is 0 Å². The molecule has 0 fully saturated rings. The fourth-order valence-electron chi connectivity index (χ4n) is 8.57. The Bertz CT molecular complexity index is 5070. The maximum atomic E-state index is 11.9. The van der Waals surface area contributed by atoms with Gasteiger partial charge in [-0.3, -0.25) is 0 Å². The molecule has 16 aromatic rings. The Hall–Kier alpha value is -9.56. The minimum atomic E-state index is -2.81. The van der Waals surface area contributed by atoms with Crippen LogP contribution in [0.1, 0.15) is 16.7 Å². The molecule has 0 amide bonds. The van der Waals surface area contributed by atoms with Gasteiger partial charge in [-0.05, 0) is 225 Å². The fraction of sp³-hybridized carbons (Fsp3) is 0.0656. The Balaban J connectivity index is 0.000000134. The molecule has 8 heterocycles. The lowest BCUT2D eigenvalue weighted by atomic mass is 10.2. The van der Waals surface area contributed by atoms with Gasteiger partial charge in [0, 0.05) is 16.8 Å². The number of aliphatic hydroxyl groups excluding tert-OH is 1. The average Bonchev–Trinajstić information content (AvgIpc) is 3.98. The minimum absolute atomic E-state index is 0.0573. The first kappa shape index (κ1) is 67.4. The van der Waals surface area contributed by atoms with Gasteiger partial charge in [0.15, 0.2) is 33.4 Å². The molecule has 20 nitrogen and oxygen atoms in total. The molecule has 18 N–H and O–H groups in total. The van der Waals surface area contributed by atoms with Crippen molar-refractivity contribution in [2.45, 2.75) is 27.1 Å². The number of carbonyl (C=O) groups excluding carboxylic acids is 1. The second kappa shape index (κ2) is 32.3. The molecule has 16 rings (SSSR count). The number of ether oxygens (including phenoxy) is 1. The number of hydrogen-bond donors (Lipinski definition) is 17. The van der Waals surface area contributed by atoms with E-state index in [0.29, 0.717) is 43.9 Å². The number of alkyl halides is 2. The summed E-state index contributed by atoms with van der Waals surface area (Å²) in [6.07, 6.45) is 1.70. The number of nitrogens with zero attached hydrogens (tertiary/aromatic N) is 1. The Morgan fingerprint density at radius 2 is 0.780 bits per heavy atom. The molecule has 0 aliphatic heterocycles. The molecule has 8 aromatic carbocycles. The Kier molecular flexibility index (Phi) is 23.9. The number of imidazole rings is 8. The van der Waals surface area contributed by atoms with E-state index >= 15 is 0 Å². The lowest BCUT2D eigenvalue weighted by Gasteiger charge is -2.02. The number of aromatic nitrogens is 16. The van der Waals surface area contributed by atoms with Crippen LogP contribution in [-0.4, -0.2) is 98.3 Å². The van der Waals surface area contributed by atoms with E-state index in [1.54, 1.807) is 12.4 Å². The number of aromatic amines is 15. The number of para-hydroxylation sites is 4. The summed E-state index contributed by atoms with van der Waals surface area (Å²) in [7, 11) is 0. The summed E-state index contributed by atoms with van der Waals surface area (Å²) in [4.78, 5) is 56.9. The molecule has 30 heteroatoms. The Labute approximate surface area is 554 Å². The van der Waals surface area contributed by atoms with Crippen LogP contribution in [0.5, 0.6) is 5.75 Å². The summed E-state index contributed by atoms with van der Waals surface area (Å²) in [6.45, 7) is 3.36. The van der Waals surface area contributed by atoms with E-state index in [-0.39, 0.29) is 12.4 Å². The number of aliphatic hydroxyl groups is 1. The highest BCUT2D eigenvalue weighted by Gasteiger charge is 2.06. The van der Waals surface area contributed by atoms with Gasteiger partial charge in [-0.1, -0.05) is 54.1 Å². The zero-order chi connectivity index (χ0) is 65.1. The largest absolute Gasteiger partial charge is 0.435 e. The molecular weight excluding hydrogens is 1320 g/mol. The van der Waals surface area contributed by atoms with Crippen molar-refractivity contribution in [1.82, 2.24) is 79.7 Å². The number of anilines is 1. The normalized spacial score (nSPS) is 10.5. The number of nitrogens with one attached hydrogen (secondary N) is 15. The first-order chi connectivity index (χ1) is 43.8. The molecular formula is C61H56ClF2N17O3S7. The standard InChI is InChI=1S/C8H6F2N2OS.C8H8N2OS.2C8H8N2S.C7H5ClN2S.C7H7N3S.C7H6N2S.C7H6N2.CH2O/c9-7(10)13-4-1-2-5-6(3-4)12-8(14)11-5;11-4-5-1-2-6-7(3-5)10-8(12)9-6;2*1-5-2-3-6-7(4-5)10-8(11)9-6;2*8-4-1-2-5-6(3-4)10-7(11)9-5;10-7-8-5-3-1-2-4-6(5)9-7;1-2-4-7-6(3-1)8-5-9-7;1-2/h1-3,7H,(H2,11,12,14);1-3,11H,4H2,(H2,9,10,12);2*2-4H,1H3,(H2,9,10,11);1-3H,(H2,9,10,11);1-3H,8H2,(H2,9,10,11);1-4H,(H2,8,9,10);1-5H,(H,8,9);1H2. The van der Waals surface area contributed by atoms with Crippen molar-refractivity contribution in [1.29, 1.82) is 0 Å². The van der Waals surface area contributed by atoms with Crippen LogP contribution in [0.4, 0.5) is 14.5 Å². The molecule has 0 saturated carbocycles. The number of carbonyl (C=O) groups is 1. The highest BCUT2D eigenvalue weighted by Crippen LogP contribution is 2.21. The van der Waals surface area contributed by atoms with Gasteiger partial charge in [0.25, 0.3) is 0 Å². The maximum absolute atomic E-state index is 11.9. The second-order valence-corrected chi connectivity index (χ2v) is 22.5. The first-order valence-electron chi connectivity index (χ1n) is 26.8. The second-order valence-electron chi connectivity index (χ2n) is 19.2. The summed E-state index contributed by atoms with van der Waals surface area (Å²) >= 11 is 40.1. The molecule has 0 radical (unpaired) electrons. The third-order valence-electron chi connectivity index (χ3n) is 12.6. The Morgan fingerprint density at radius 3 is 1.22 bits per heavy atom. The molecule has 0 spiro atoms. The predicted octanol–water partition coefficient (Wildman–Crippen LogP) is 17.9. The molecule has 0 atom stereocenters. The van der Waals surface area contributed by atoms with Gasteiger partial charge < -0.3 is 95.1 Å². The number of H-pyrrole nitrogens is 15. The van der Waals surface area contributed by atoms with Crippen LogP contribution >= 0.6 is 97.1 Å². The van der Waals surface area contributed by atoms with Crippen molar-refractivity contribution in [3.8, 4) is 5.75 Å². The van der Waals surface area contributed by atoms with Gasteiger partial charge in [0.2, 0.25) is 0 Å². The van der Waals surface area contributed by atoms with Crippen LogP contribution in [0.25, 0.3) is 88.3 Å². The monoisotopic (exact) mass is 1370 g/mol. The van der Waals surface area contributed by atoms with Crippen molar-refractivity contribution in [2.75, 3.05) is 5.73 Å². The van der Waals surface area contributed by atoms with Crippen LogP contribution in [0.3, 0.4) is 0 Å². The quantitative estimate of drug-likeness (QED) is 0.0580. The number of rotatable bonds is 3. The van der Waals surface area contributed by atoms with E-state index in [1.165, 1.54) is 23.3 Å². The van der Waals surface area contributed by atoms with Crippen LogP contribution in [0, 0.1) is 47.2 Å². The van der Waals surface area contributed by atoms with E-state index in [0.717, 1.165) is 94.0 Å².